The number of ether oxygens (including phenoxy) is 1. The lowest BCUT2D eigenvalue weighted by atomic mass is 9.89. The number of carbonyl (C=O) groups is 1. The summed E-state index contributed by atoms with van der Waals surface area (Å²) in [5, 5.41) is 3.28. The minimum Gasteiger partial charge on any atom is -0.444 e. The first kappa shape index (κ1) is 12.6. The Kier molecular flexibility index (Phi) is 3.51. The zero-order chi connectivity index (χ0) is 10.3. The summed E-state index contributed by atoms with van der Waals surface area (Å²) in [6.45, 7) is 7.53. The third-order valence-electron chi connectivity index (χ3n) is 2.70. The van der Waals surface area contributed by atoms with Crippen molar-refractivity contribution in [1.82, 2.24) is 10.2 Å². The third-order valence-corrected chi connectivity index (χ3v) is 2.70. The van der Waals surface area contributed by atoms with Crippen molar-refractivity contribution in [3.05, 3.63) is 0 Å². The number of piperazine rings is 1. The molecule has 0 aromatic carbocycles. The zero-order valence-corrected chi connectivity index (χ0v) is 10.3. The Balaban J connectivity index is 0.00000112. The van der Waals surface area contributed by atoms with Gasteiger partial charge in [0.25, 0.3) is 0 Å². The van der Waals surface area contributed by atoms with Crippen molar-refractivity contribution in [2.75, 3.05) is 13.1 Å². The van der Waals surface area contributed by atoms with Crippen LogP contribution in [0.4, 0.5) is 4.79 Å². The SMILES string of the molecule is CC(C)(C)OC(=O)N1C2CNCC1C2.Cl. The number of amides is 1. The zero-order valence-electron chi connectivity index (χ0n) is 9.45. The summed E-state index contributed by atoms with van der Waals surface area (Å²) in [5.74, 6) is 0. The average molecular weight is 235 g/mol. The van der Waals surface area contributed by atoms with Crippen LogP contribution >= 0.6 is 12.4 Å². The lowest BCUT2D eigenvalue weighted by molar-refractivity contribution is -0.0439. The largest absolute Gasteiger partial charge is 0.444 e. The Labute approximate surface area is 96.7 Å². The van der Waals surface area contributed by atoms with Crippen molar-refractivity contribution in [2.45, 2.75) is 44.9 Å². The molecular weight excluding hydrogens is 216 g/mol. The molecule has 2 bridgehead atoms. The molecule has 0 saturated carbocycles. The van der Waals surface area contributed by atoms with Crippen LogP contribution in [0.2, 0.25) is 0 Å². The maximum absolute atomic E-state index is 11.7. The van der Waals surface area contributed by atoms with Crippen LogP contribution in [0.15, 0.2) is 0 Å². The summed E-state index contributed by atoms with van der Waals surface area (Å²) in [5.41, 5.74) is -0.381. The standard InChI is InChI=1S/C10H18N2O2.ClH/c1-10(2,3)14-9(13)12-7-4-8(12)6-11-5-7;/h7-8,11H,4-6H2,1-3H3;1H. The van der Waals surface area contributed by atoms with Gasteiger partial charge in [-0.05, 0) is 27.2 Å². The van der Waals surface area contributed by atoms with Crippen LogP contribution in [-0.4, -0.2) is 41.8 Å². The van der Waals surface area contributed by atoms with Crippen LogP contribution < -0.4 is 5.32 Å². The fourth-order valence-electron chi connectivity index (χ4n) is 2.09. The van der Waals surface area contributed by atoms with Gasteiger partial charge in [-0.3, -0.25) is 4.90 Å². The summed E-state index contributed by atoms with van der Waals surface area (Å²) in [7, 11) is 0. The van der Waals surface area contributed by atoms with E-state index in [0.29, 0.717) is 12.1 Å². The van der Waals surface area contributed by atoms with E-state index in [1.165, 1.54) is 0 Å². The minimum absolute atomic E-state index is 0. The first-order valence-corrected chi connectivity index (χ1v) is 5.19. The Hall–Kier alpha value is -0.480. The first-order chi connectivity index (χ1) is 6.47. The molecule has 3 aliphatic rings. The molecule has 0 aliphatic carbocycles. The monoisotopic (exact) mass is 234 g/mol. The molecule has 2 atom stereocenters. The number of carbonyl (C=O) groups excluding carboxylic acids is 1. The van der Waals surface area contributed by atoms with E-state index < -0.39 is 0 Å². The number of halogens is 1. The van der Waals surface area contributed by atoms with Crippen LogP contribution in [0.3, 0.4) is 0 Å². The molecule has 1 amide bonds. The lowest BCUT2D eigenvalue weighted by Gasteiger charge is -2.52. The van der Waals surface area contributed by atoms with Gasteiger partial charge in [0.05, 0.1) is 0 Å². The molecular formula is C10H19ClN2O2. The van der Waals surface area contributed by atoms with Crippen LogP contribution in [0.25, 0.3) is 0 Å². The van der Waals surface area contributed by atoms with Crippen LogP contribution in [0.1, 0.15) is 27.2 Å². The van der Waals surface area contributed by atoms with Crippen molar-refractivity contribution in [3.63, 3.8) is 0 Å². The second-order valence-electron chi connectivity index (χ2n) is 5.09. The molecule has 88 valence electrons. The Morgan fingerprint density at radius 1 is 1.33 bits per heavy atom. The van der Waals surface area contributed by atoms with E-state index in [0.717, 1.165) is 19.5 Å². The van der Waals surface area contributed by atoms with E-state index in [-0.39, 0.29) is 24.1 Å². The van der Waals surface area contributed by atoms with Gasteiger partial charge in [-0.1, -0.05) is 0 Å². The predicted molar refractivity (Wildman–Crippen MR) is 60.4 cm³/mol. The quantitative estimate of drug-likeness (QED) is 0.689. The van der Waals surface area contributed by atoms with E-state index in [2.05, 4.69) is 5.32 Å². The van der Waals surface area contributed by atoms with Gasteiger partial charge in [0.1, 0.15) is 5.60 Å². The minimum atomic E-state index is -0.381. The Bertz CT molecular complexity index is 238. The van der Waals surface area contributed by atoms with Crippen molar-refractivity contribution >= 4 is 18.5 Å². The molecule has 2 unspecified atom stereocenters. The molecule has 0 aromatic rings. The summed E-state index contributed by atoms with van der Waals surface area (Å²) < 4.78 is 5.34. The second kappa shape index (κ2) is 4.18. The Morgan fingerprint density at radius 3 is 2.27 bits per heavy atom. The molecule has 0 radical (unpaired) electrons. The fourth-order valence-corrected chi connectivity index (χ4v) is 2.09. The molecule has 3 fully saturated rings. The van der Waals surface area contributed by atoms with E-state index in [9.17, 15) is 4.79 Å². The highest BCUT2D eigenvalue weighted by Crippen LogP contribution is 2.29. The Morgan fingerprint density at radius 2 is 1.87 bits per heavy atom. The topological polar surface area (TPSA) is 41.6 Å². The van der Waals surface area contributed by atoms with Gasteiger partial charge < -0.3 is 10.1 Å². The fraction of sp³-hybridized carbons (Fsp3) is 0.900. The number of hydrogen-bond acceptors (Lipinski definition) is 3. The van der Waals surface area contributed by atoms with Crippen LogP contribution in [0.5, 0.6) is 0 Å². The van der Waals surface area contributed by atoms with Crippen molar-refractivity contribution in [1.29, 1.82) is 0 Å². The highest BCUT2D eigenvalue weighted by Gasteiger charge is 2.45. The molecule has 3 aliphatic heterocycles. The van der Waals surface area contributed by atoms with E-state index >= 15 is 0 Å². The van der Waals surface area contributed by atoms with Gasteiger partial charge in [-0.15, -0.1) is 12.4 Å². The summed E-state index contributed by atoms with van der Waals surface area (Å²) in [6.07, 6.45) is 0.979. The summed E-state index contributed by atoms with van der Waals surface area (Å²) in [4.78, 5) is 13.6. The maximum atomic E-state index is 11.7. The van der Waals surface area contributed by atoms with Gasteiger partial charge in [-0.2, -0.15) is 0 Å². The highest BCUT2D eigenvalue weighted by molar-refractivity contribution is 5.85. The van der Waals surface area contributed by atoms with Gasteiger partial charge >= 0.3 is 6.09 Å². The lowest BCUT2D eigenvalue weighted by Crippen LogP contribution is -2.69. The van der Waals surface area contributed by atoms with E-state index in [4.69, 9.17) is 4.74 Å². The number of nitrogens with one attached hydrogen (secondary N) is 1. The molecule has 1 N–H and O–H groups in total. The van der Waals surface area contributed by atoms with Gasteiger partial charge in [0.15, 0.2) is 0 Å². The molecule has 0 aromatic heterocycles. The number of rotatable bonds is 0. The average Bonchev–Trinajstić information content (AvgIpc) is 2.01. The molecule has 3 heterocycles. The highest BCUT2D eigenvalue weighted by atomic mass is 35.5. The number of hydrogen-bond donors (Lipinski definition) is 1. The van der Waals surface area contributed by atoms with Crippen LogP contribution in [-0.2, 0) is 4.74 Å². The number of piperidine rings is 1. The third kappa shape index (κ3) is 2.55. The first-order valence-electron chi connectivity index (χ1n) is 5.19. The van der Waals surface area contributed by atoms with Gasteiger partial charge in [-0.25, -0.2) is 4.79 Å². The molecule has 15 heavy (non-hydrogen) atoms. The number of nitrogens with zero attached hydrogens (tertiary/aromatic N) is 1. The molecule has 5 heteroatoms. The predicted octanol–water partition coefficient (Wildman–Crippen LogP) is 1.39. The normalized spacial score (nSPS) is 28.9. The summed E-state index contributed by atoms with van der Waals surface area (Å²) >= 11 is 0. The second-order valence-corrected chi connectivity index (χ2v) is 5.09. The van der Waals surface area contributed by atoms with E-state index in [1.54, 1.807) is 0 Å². The van der Waals surface area contributed by atoms with Crippen molar-refractivity contribution in [2.24, 2.45) is 0 Å². The summed E-state index contributed by atoms with van der Waals surface area (Å²) in [6, 6.07) is 0.729. The smallest absolute Gasteiger partial charge is 0.410 e. The molecule has 0 spiro atoms. The maximum Gasteiger partial charge on any atom is 0.410 e. The van der Waals surface area contributed by atoms with E-state index in [1.807, 2.05) is 25.7 Å². The van der Waals surface area contributed by atoms with Crippen molar-refractivity contribution < 1.29 is 9.53 Å². The molecule has 3 saturated heterocycles. The van der Waals surface area contributed by atoms with Crippen LogP contribution in [0, 0.1) is 0 Å². The van der Waals surface area contributed by atoms with Crippen molar-refractivity contribution in [3.8, 4) is 0 Å². The van der Waals surface area contributed by atoms with Gasteiger partial charge in [0.2, 0.25) is 0 Å². The number of fused-ring (bicyclic) bond motifs is 2. The molecule has 3 rings (SSSR count). The van der Waals surface area contributed by atoms with Gasteiger partial charge in [0, 0.05) is 25.2 Å². The molecule has 4 nitrogen and oxygen atoms in total.